The molecule has 162 valence electrons. The molecule has 1 saturated heterocycles. The zero-order valence-electron chi connectivity index (χ0n) is 16.6. The Morgan fingerprint density at radius 1 is 1.23 bits per heavy atom. The maximum absolute atomic E-state index is 12.7. The Hall–Kier alpha value is -2.06. The molecule has 0 spiro atoms. The van der Waals surface area contributed by atoms with Gasteiger partial charge < -0.3 is 9.47 Å². The fourth-order valence-electron chi connectivity index (χ4n) is 2.82. The van der Waals surface area contributed by atoms with Gasteiger partial charge in [0.2, 0.25) is 0 Å². The van der Waals surface area contributed by atoms with Crippen LogP contribution in [0.25, 0.3) is 6.08 Å². The quantitative estimate of drug-likeness (QED) is 0.265. The lowest BCUT2D eigenvalue weighted by Crippen LogP contribution is -2.29. The SMILES string of the molecule is COC(=O)CCCN1C(=O)/C(=C\c2cccc(OCc3ccc(Cl)cc3Cl)c2)SC1=S. The molecule has 0 bridgehead atoms. The fourth-order valence-corrected chi connectivity index (χ4v) is 4.59. The lowest BCUT2D eigenvalue weighted by Gasteiger charge is -2.13. The third kappa shape index (κ3) is 6.46. The molecule has 0 atom stereocenters. The summed E-state index contributed by atoms with van der Waals surface area (Å²) in [6.07, 6.45) is 2.51. The predicted octanol–water partition coefficient (Wildman–Crippen LogP) is 5.73. The van der Waals surface area contributed by atoms with Gasteiger partial charge in [0.1, 0.15) is 16.7 Å². The highest BCUT2D eigenvalue weighted by Crippen LogP contribution is 2.33. The summed E-state index contributed by atoms with van der Waals surface area (Å²) < 4.78 is 10.9. The second-order valence-electron chi connectivity index (χ2n) is 6.61. The van der Waals surface area contributed by atoms with Gasteiger partial charge in [0.25, 0.3) is 5.91 Å². The number of carbonyl (C=O) groups excluding carboxylic acids is 2. The van der Waals surface area contributed by atoms with E-state index in [1.165, 1.54) is 23.8 Å². The van der Waals surface area contributed by atoms with E-state index in [1.54, 1.807) is 18.2 Å². The van der Waals surface area contributed by atoms with E-state index in [1.807, 2.05) is 30.3 Å². The molecule has 0 aliphatic carbocycles. The molecule has 1 aliphatic rings. The molecule has 31 heavy (non-hydrogen) atoms. The third-order valence-corrected chi connectivity index (χ3v) is 6.39. The number of hydrogen-bond acceptors (Lipinski definition) is 6. The molecule has 0 unspecified atom stereocenters. The Balaban J connectivity index is 1.64. The van der Waals surface area contributed by atoms with Crippen molar-refractivity contribution in [1.82, 2.24) is 4.90 Å². The van der Waals surface area contributed by atoms with Crippen LogP contribution in [-0.2, 0) is 20.9 Å². The Morgan fingerprint density at radius 3 is 2.77 bits per heavy atom. The van der Waals surface area contributed by atoms with Gasteiger partial charge in [0, 0.05) is 28.6 Å². The lowest BCUT2D eigenvalue weighted by atomic mass is 10.2. The minimum atomic E-state index is -0.308. The molecule has 1 heterocycles. The normalized spacial score (nSPS) is 14.9. The number of methoxy groups -OCH3 is 1. The maximum atomic E-state index is 12.7. The number of rotatable bonds is 8. The first kappa shape index (κ1) is 23.6. The first-order chi connectivity index (χ1) is 14.9. The summed E-state index contributed by atoms with van der Waals surface area (Å²) in [4.78, 5) is 26.0. The Morgan fingerprint density at radius 2 is 2.03 bits per heavy atom. The van der Waals surface area contributed by atoms with Crippen molar-refractivity contribution in [2.75, 3.05) is 13.7 Å². The largest absolute Gasteiger partial charge is 0.489 e. The van der Waals surface area contributed by atoms with E-state index in [4.69, 9.17) is 40.2 Å². The van der Waals surface area contributed by atoms with Crippen LogP contribution in [0.15, 0.2) is 47.4 Å². The van der Waals surface area contributed by atoms with Crippen LogP contribution in [0.2, 0.25) is 10.0 Å². The monoisotopic (exact) mass is 495 g/mol. The van der Waals surface area contributed by atoms with Crippen LogP contribution in [0.3, 0.4) is 0 Å². The minimum absolute atomic E-state index is 0.167. The molecule has 5 nitrogen and oxygen atoms in total. The summed E-state index contributed by atoms with van der Waals surface area (Å²) in [7, 11) is 1.34. The van der Waals surface area contributed by atoms with Crippen LogP contribution in [0.1, 0.15) is 24.0 Å². The van der Waals surface area contributed by atoms with Gasteiger partial charge in [-0.1, -0.05) is 65.4 Å². The van der Waals surface area contributed by atoms with Crippen molar-refractivity contribution < 1.29 is 19.1 Å². The minimum Gasteiger partial charge on any atom is -0.489 e. The molecule has 9 heteroatoms. The molecular formula is C22H19Cl2NO4S2. The number of carbonyl (C=O) groups is 2. The number of ether oxygens (including phenoxy) is 2. The second kappa shape index (κ2) is 11.0. The number of thiocarbonyl (C=S) groups is 1. The first-order valence-electron chi connectivity index (χ1n) is 9.36. The molecule has 2 aromatic rings. The number of hydrogen-bond donors (Lipinski definition) is 0. The van der Waals surface area contributed by atoms with Gasteiger partial charge in [-0.2, -0.15) is 0 Å². The zero-order valence-corrected chi connectivity index (χ0v) is 19.7. The summed E-state index contributed by atoms with van der Waals surface area (Å²) in [5.41, 5.74) is 1.64. The van der Waals surface area contributed by atoms with E-state index in [2.05, 4.69) is 4.74 Å². The lowest BCUT2D eigenvalue weighted by molar-refractivity contribution is -0.141. The van der Waals surface area contributed by atoms with E-state index in [-0.39, 0.29) is 18.3 Å². The number of amides is 1. The van der Waals surface area contributed by atoms with Crippen molar-refractivity contribution in [3.05, 3.63) is 68.5 Å². The molecule has 2 aromatic carbocycles. The number of benzene rings is 2. The maximum Gasteiger partial charge on any atom is 0.305 e. The average Bonchev–Trinajstić information content (AvgIpc) is 3.00. The third-order valence-electron chi connectivity index (χ3n) is 4.43. The molecule has 0 N–H and O–H groups in total. The molecule has 1 aliphatic heterocycles. The highest BCUT2D eigenvalue weighted by molar-refractivity contribution is 8.26. The molecule has 1 fully saturated rings. The number of esters is 1. The molecule has 3 rings (SSSR count). The Labute approximate surface area is 200 Å². The van der Waals surface area contributed by atoms with E-state index in [0.717, 1.165) is 11.1 Å². The highest BCUT2D eigenvalue weighted by atomic mass is 35.5. The summed E-state index contributed by atoms with van der Waals surface area (Å²) in [5, 5.41) is 1.11. The van der Waals surface area contributed by atoms with Crippen LogP contribution in [-0.4, -0.2) is 34.8 Å². The van der Waals surface area contributed by atoms with Crippen molar-refractivity contribution in [1.29, 1.82) is 0 Å². The van der Waals surface area contributed by atoms with E-state index < -0.39 is 0 Å². The highest BCUT2D eigenvalue weighted by Gasteiger charge is 2.31. The number of nitrogens with zero attached hydrogens (tertiary/aromatic N) is 1. The van der Waals surface area contributed by atoms with Gasteiger partial charge in [-0.05, 0) is 42.3 Å². The van der Waals surface area contributed by atoms with Crippen molar-refractivity contribution in [3.63, 3.8) is 0 Å². The second-order valence-corrected chi connectivity index (χ2v) is 9.13. The topological polar surface area (TPSA) is 55.8 Å². The molecule has 0 aromatic heterocycles. The van der Waals surface area contributed by atoms with E-state index in [0.29, 0.717) is 44.6 Å². The summed E-state index contributed by atoms with van der Waals surface area (Å²) in [5.74, 6) is 0.171. The molecular weight excluding hydrogens is 477 g/mol. The summed E-state index contributed by atoms with van der Waals surface area (Å²) in [6.45, 7) is 0.671. The molecule has 0 saturated carbocycles. The Bertz CT molecular complexity index is 1040. The first-order valence-corrected chi connectivity index (χ1v) is 11.3. The van der Waals surface area contributed by atoms with Crippen molar-refractivity contribution >= 4 is 69.5 Å². The van der Waals surface area contributed by atoms with Crippen LogP contribution in [0.5, 0.6) is 5.75 Å². The number of thioether (sulfide) groups is 1. The van der Waals surface area contributed by atoms with Gasteiger partial charge in [-0.25, -0.2) is 0 Å². The summed E-state index contributed by atoms with van der Waals surface area (Å²) >= 11 is 18.7. The molecule has 1 amide bonds. The average molecular weight is 496 g/mol. The molecule has 0 radical (unpaired) electrons. The van der Waals surface area contributed by atoms with Crippen LogP contribution in [0.4, 0.5) is 0 Å². The predicted molar refractivity (Wildman–Crippen MR) is 128 cm³/mol. The number of halogens is 2. The van der Waals surface area contributed by atoms with Gasteiger partial charge in [-0.15, -0.1) is 0 Å². The van der Waals surface area contributed by atoms with Gasteiger partial charge in [0.05, 0.1) is 12.0 Å². The van der Waals surface area contributed by atoms with Crippen molar-refractivity contribution in [3.8, 4) is 5.75 Å². The van der Waals surface area contributed by atoms with E-state index >= 15 is 0 Å². The van der Waals surface area contributed by atoms with E-state index in [9.17, 15) is 9.59 Å². The fraction of sp³-hybridized carbons (Fsp3) is 0.227. The standard InChI is InChI=1S/C22H19Cl2NO4S2/c1-28-20(26)6-3-9-25-21(27)19(31-22(25)30)11-14-4-2-5-17(10-14)29-13-15-7-8-16(23)12-18(15)24/h2,4-5,7-8,10-12H,3,6,9,13H2,1H3/b19-11+. The summed E-state index contributed by atoms with van der Waals surface area (Å²) in [6, 6.07) is 12.7. The Kier molecular flexibility index (Phi) is 8.37. The van der Waals surface area contributed by atoms with Crippen molar-refractivity contribution in [2.24, 2.45) is 0 Å². The van der Waals surface area contributed by atoms with Crippen molar-refractivity contribution in [2.45, 2.75) is 19.4 Å². The van der Waals surface area contributed by atoms with Gasteiger partial charge >= 0.3 is 5.97 Å². The smallest absolute Gasteiger partial charge is 0.305 e. The zero-order chi connectivity index (χ0) is 22.4. The van der Waals surface area contributed by atoms with Gasteiger partial charge in [0.15, 0.2) is 0 Å². The van der Waals surface area contributed by atoms with Crippen LogP contribution < -0.4 is 4.74 Å². The van der Waals surface area contributed by atoms with Crippen LogP contribution >= 0.6 is 47.2 Å². The van der Waals surface area contributed by atoms with Crippen LogP contribution in [0, 0.1) is 0 Å². The van der Waals surface area contributed by atoms with Gasteiger partial charge in [-0.3, -0.25) is 14.5 Å².